The summed E-state index contributed by atoms with van der Waals surface area (Å²) in [5.74, 6) is 0.817. The molecule has 140 valence electrons. The first-order valence-corrected chi connectivity index (χ1v) is 8.82. The van der Waals surface area contributed by atoms with Gasteiger partial charge in [-0.05, 0) is 24.1 Å². The van der Waals surface area contributed by atoms with Gasteiger partial charge < -0.3 is 14.6 Å². The fraction of sp³-hybridized carbons (Fsp3) is 0.300. The lowest BCUT2D eigenvalue weighted by Gasteiger charge is -2.11. The minimum Gasteiger partial charge on any atom is -0.480 e. The molecule has 1 aromatic carbocycles. The summed E-state index contributed by atoms with van der Waals surface area (Å²) in [5, 5.41) is 11.1. The van der Waals surface area contributed by atoms with Gasteiger partial charge >= 0.3 is 0 Å². The summed E-state index contributed by atoms with van der Waals surface area (Å²) in [4.78, 5) is 16.7. The van der Waals surface area contributed by atoms with Crippen molar-refractivity contribution in [1.82, 2.24) is 25.1 Å². The summed E-state index contributed by atoms with van der Waals surface area (Å²) in [5.41, 5.74) is 3.05. The molecule has 27 heavy (non-hydrogen) atoms. The van der Waals surface area contributed by atoms with Gasteiger partial charge in [-0.25, -0.2) is 4.98 Å². The van der Waals surface area contributed by atoms with Crippen molar-refractivity contribution in [3.8, 4) is 17.1 Å². The molecule has 0 aliphatic carbocycles. The Morgan fingerprint density at radius 3 is 2.78 bits per heavy atom. The SMILES string of the molecule is COc1ccc(-c2cccc(C(=O)NCc3cncn3CC(C)C)c2)nn1. The van der Waals surface area contributed by atoms with E-state index in [1.807, 2.05) is 18.2 Å². The Morgan fingerprint density at radius 1 is 1.22 bits per heavy atom. The zero-order chi connectivity index (χ0) is 19.2. The van der Waals surface area contributed by atoms with Crippen molar-refractivity contribution in [3.63, 3.8) is 0 Å². The van der Waals surface area contributed by atoms with Crippen LogP contribution in [0.3, 0.4) is 0 Å². The van der Waals surface area contributed by atoms with Crippen molar-refractivity contribution in [2.24, 2.45) is 5.92 Å². The molecule has 1 N–H and O–H groups in total. The zero-order valence-corrected chi connectivity index (χ0v) is 15.7. The minimum absolute atomic E-state index is 0.143. The molecular formula is C20H23N5O2. The average molecular weight is 365 g/mol. The second-order valence-electron chi connectivity index (χ2n) is 6.66. The first-order valence-electron chi connectivity index (χ1n) is 8.82. The number of amides is 1. The lowest BCUT2D eigenvalue weighted by molar-refractivity contribution is 0.0950. The predicted molar refractivity (Wildman–Crippen MR) is 102 cm³/mol. The molecule has 0 bridgehead atoms. The molecule has 0 unspecified atom stereocenters. The van der Waals surface area contributed by atoms with E-state index in [9.17, 15) is 4.79 Å². The Kier molecular flexibility index (Phi) is 5.80. The van der Waals surface area contributed by atoms with Crippen LogP contribution in [0.4, 0.5) is 0 Å². The number of rotatable bonds is 7. The molecule has 0 saturated heterocycles. The first-order chi connectivity index (χ1) is 13.1. The van der Waals surface area contributed by atoms with Gasteiger partial charge in [0.05, 0.1) is 31.4 Å². The van der Waals surface area contributed by atoms with E-state index < -0.39 is 0 Å². The Bertz CT molecular complexity index is 903. The van der Waals surface area contributed by atoms with Crippen LogP contribution in [0.15, 0.2) is 48.9 Å². The largest absolute Gasteiger partial charge is 0.480 e. The van der Waals surface area contributed by atoms with Crippen LogP contribution in [0.1, 0.15) is 29.9 Å². The first kappa shape index (κ1) is 18.6. The van der Waals surface area contributed by atoms with Gasteiger partial charge in [0.1, 0.15) is 0 Å². The summed E-state index contributed by atoms with van der Waals surface area (Å²) in [6.45, 7) is 5.60. The molecule has 7 nitrogen and oxygen atoms in total. The van der Waals surface area contributed by atoms with Gasteiger partial charge in [-0.15, -0.1) is 10.2 Å². The molecule has 3 aromatic rings. The highest BCUT2D eigenvalue weighted by Crippen LogP contribution is 2.19. The minimum atomic E-state index is -0.143. The lowest BCUT2D eigenvalue weighted by atomic mass is 10.1. The predicted octanol–water partition coefficient (Wildman–Crippen LogP) is 2.93. The van der Waals surface area contributed by atoms with Gasteiger partial charge in [0.25, 0.3) is 5.91 Å². The smallest absolute Gasteiger partial charge is 0.251 e. The van der Waals surface area contributed by atoms with Crippen molar-refractivity contribution >= 4 is 5.91 Å². The topological polar surface area (TPSA) is 81.9 Å². The number of nitrogens with zero attached hydrogens (tertiary/aromatic N) is 4. The molecule has 2 aromatic heterocycles. The second-order valence-corrected chi connectivity index (χ2v) is 6.66. The van der Waals surface area contributed by atoms with Gasteiger partial charge in [0.15, 0.2) is 0 Å². The molecule has 0 atom stereocenters. The van der Waals surface area contributed by atoms with Crippen LogP contribution in [0.2, 0.25) is 0 Å². The van der Waals surface area contributed by atoms with Crippen LogP contribution in [-0.4, -0.2) is 32.8 Å². The maximum Gasteiger partial charge on any atom is 0.251 e. The van der Waals surface area contributed by atoms with E-state index in [1.165, 1.54) is 0 Å². The van der Waals surface area contributed by atoms with Gasteiger partial charge in [0, 0.05) is 29.9 Å². The molecule has 2 heterocycles. The van der Waals surface area contributed by atoms with Crippen molar-refractivity contribution in [3.05, 3.63) is 60.2 Å². The highest BCUT2D eigenvalue weighted by atomic mass is 16.5. The van der Waals surface area contributed by atoms with E-state index in [-0.39, 0.29) is 5.91 Å². The molecule has 3 rings (SSSR count). The Hall–Kier alpha value is -3.22. The van der Waals surface area contributed by atoms with Gasteiger partial charge in [-0.1, -0.05) is 26.0 Å². The van der Waals surface area contributed by atoms with Gasteiger partial charge in [-0.3, -0.25) is 4.79 Å². The maximum atomic E-state index is 12.6. The standard InChI is InChI=1S/C20H23N5O2/c1-14(2)12-25-13-21-10-17(25)11-22-20(26)16-6-4-5-15(9-16)18-7-8-19(27-3)24-23-18/h4-10,13-14H,11-12H2,1-3H3,(H,22,26). The molecule has 1 amide bonds. The number of ether oxygens (including phenoxy) is 1. The lowest BCUT2D eigenvalue weighted by Crippen LogP contribution is -2.24. The zero-order valence-electron chi connectivity index (χ0n) is 15.7. The molecule has 0 fully saturated rings. The fourth-order valence-corrected chi connectivity index (χ4v) is 2.73. The summed E-state index contributed by atoms with van der Waals surface area (Å²) in [7, 11) is 1.54. The van der Waals surface area contributed by atoms with Crippen LogP contribution < -0.4 is 10.1 Å². The van der Waals surface area contributed by atoms with Crippen LogP contribution in [-0.2, 0) is 13.1 Å². The van der Waals surface area contributed by atoms with Crippen LogP contribution in [0, 0.1) is 5.92 Å². The third-order valence-electron chi connectivity index (χ3n) is 4.06. The van der Waals surface area contributed by atoms with E-state index >= 15 is 0 Å². The highest BCUT2D eigenvalue weighted by molar-refractivity contribution is 5.95. The van der Waals surface area contributed by atoms with E-state index in [4.69, 9.17) is 4.74 Å². The van der Waals surface area contributed by atoms with Crippen molar-refractivity contribution < 1.29 is 9.53 Å². The maximum absolute atomic E-state index is 12.6. The monoisotopic (exact) mass is 365 g/mol. The van der Waals surface area contributed by atoms with Crippen molar-refractivity contribution in [2.75, 3.05) is 7.11 Å². The van der Waals surface area contributed by atoms with Crippen molar-refractivity contribution in [2.45, 2.75) is 26.9 Å². The van der Waals surface area contributed by atoms with E-state index in [0.29, 0.717) is 29.6 Å². The number of hydrogen-bond donors (Lipinski definition) is 1. The Morgan fingerprint density at radius 2 is 2.07 bits per heavy atom. The quantitative estimate of drug-likeness (QED) is 0.696. The molecular weight excluding hydrogens is 342 g/mol. The molecule has 7 heteroatoms. The molecule has 0 saturated carbocycles. The van der Waals surface area contributed by atoms with Crippen molar-refractivity contribution in [1.29, 1.82) is 0 Å². The number of nitrogens with one attached hydrogen (secondary N) is 1. The third kappa shape index (κ3) is 4.69. The molecule has 0 radical (unpaired) electrons. The third-order valence-corrected chi connectivity index (χ3v) is 4.06. The van der Waals surface area contributed by atoms with Gasteiger partial charge in [-0.2, -0.15) is 0 Å². The molecule has 0 aliphatic heterocycles. The summed E-state index contributed by atoms with van der Waals surface area (Å²) in [6, 6.07) is 10.9. The molecule has 0 aliphatic rings. The Labute approximate surface area is 158 Å². The summed E-state index contributed by atoms with van der Waals surface area (Å²) < 4.78 is 7.09. The second kappa shape index (κ2) is 8.44. The van der Waals surface area contributed by atoms with Gasteiger partial charge in [0.2, 0.25) is 5.88 Å². The number of benzene rings is 1. The average Bonchev–Trinajstić information content (AvgIpc) is 3.12. The number of hydrogen-bond acceptors (Lipinski definition) is 5. The number of methoxy groups -OCH3 is 1. The summed E-state index contributed by atoms with van der Waals surface area (Å²) in [6.07, 6.45) is 3.58. The summed E-state index contributed by atoms with van der Waals surface area (Å²) >= 11 is 0. The van der Waals surface area contributed by atoms with E-state index in [0.717, 1.165) is 17.8 Å². The normalized spacial score (nSPS) is 10.8. The number of imidazole rings is 1. The van der Waals surface area contributed by atoms with Crippen LogP contribution in [0.5, 0.6) is 5.88 Å². The van der Waals surface area contributed by atoms with Crippen LogP contribution >= 0.6 is 0 Å². The fourth-order valence-electron chi connectivity index (χ4n) is 2.73. The number of aromatic nitrogens is 4. The van der Waals surface area contributed by atoms with Crippen LogP contribution in [0.25, 0.3) is 11.3 Å². The Balaban J connectivity index is 1.69. The highest BCUT2D eigenvalue weighted by Gasteiger charge is 2.10. The molecule has 0 spiro atoms. The number of carbonyl (C=O) groups excluding carboxylic acids is 1. The number of carbonyl (C=O) groups is 1. The van der Waals surface area contributed by atoms with E-state index in [2.05, 4.69) is 38.9 Å². The van der Waals surface area contributed by atoms with E-state index in [1.54, 1.807) is 37.8 Å².